The van der Waals surface area contributed by atoms with Crippen molar-refractivity contribution in [2.75, 3.05) is 32.4 Å². The smallest absolute Gasteiger partial charge is 0.213 e. The second-order valence-electron chi connectivity index (χ2n) is 5.61. The van der Waals surface area contributed by atoms with Gasteiger partial charge in [0.1, 0.15) is 0 Å². The van der Waals surface area contributed by atoms with E-state index in [0.717, 1.165) is 12.5 Å². The lowest BCUT2D eigenvalue weighted by Crippen LogP contribution is -2.39. The molecule has 0 heterocycles. The maximum absolute atomic E-state index is 11.7. The monoisotopic (exact) mass is 482 g/mol. The first-order valence-corrected chi connectivity index (χ1v) is 10.1. The van der Waals surface area contributed by atoms with Crippen molar-refractivity contribution in [3.63, 3.8) is 0 Å². The summed E-state index contributed by atoms with van der Waals surface area (Å²) in [5.41, 5.74) is 1.19. The second kappa shape index (κ2) is 12.5. The summed E-state index contributed by atoms with van der Waals surface area (Å²) in [6, 6.07) is 10.3. The molecule has 0 amide bonds. The summed E-state index contributed by atoms with van der Waals surface area (Å²) >= 11 is 0. The molecule has 0 aliphatic heterocycles. The molecule has 1 atom stereocenters. The summed E-state index contributed by atoms with van der Waals surface area (Å²) in [5, 5.41) is 6.59. The van der Waals surface area contributed by atoms with Crippen LogP contribution in [0.15, 0.2) is 35.3 Å². The molecule has 1 unspecified atom stereocenters. The molecule has 0 aliphatic carbocycles. The van der Waals surface area contributed by atoms with Crippen molar-refractivity contribution >= 4 is 40.0 Å². The van der Waals surface area contributed by atoms with Crippen molar-refractivity contribution in [1.29, 1.82) is 0 Å². The number of benzene rings is 1. The van der Waals surface area contributed by atoms with Crippen molar-refractivity contribution in [3.8, 4) is 0 Å². The van der Waals surface area contributed by atoms with E-state index in [-0.39, 0.29) is 35.8 Å². The molecule has 0 radical (unpaired) electrons. The van der Waals surface area contributed by atoms with Gasteiger partial charge >= 0.3 is 0 Å². The largest absolute Gasteiger partial charge is 0.357 e. The average molecular weight is 482 g/mol. The molecule has 6 nitrogen and oxygen atoms in total. The van der Waals surface area contributed by atoms with Crippen LogP contribution in [0.5, 0.6) is 0 Å². The van der Waals surface area contributed by atoms with Gasteiger partial charge in [-0.05, 0) is 32.8 Å². The van der Waals surface area contributed by atoms with E-state index in [2.05, 4.69) is 34.7 Å². The van der Waals surface area contributed by atoms with E-state index in [4.69, 9.17) is 0 Å². The van der Waals surface area contributed by atoms with Gasteiger partial charge in [-0.15, -0.1) is 24.0 Å². The highest BCUT2D eigenvalue weighted by Gasteiger charge is 2.14. The Morgan fingerprint density at radius 2 is 1.88 bits per heavy atom. The summed E-state index contributed by atoms with van der Waals surface area (Å²) in [6.07, 6.45) is 0.687. The number of hydrogen-bond donors (Lipinski definition) is 2. The van der Waals surface area contributed by atoms with Crippen LogP contribution in [0.3, 0.4) is 0 Å². The number of guanidine groups is 1. The fraction of sp³-hybridized carbons (Fsp3) is 0.588. The zero-order chi connectivity index (χ0) is 18.0. The maximum Gasteiger partial charge on any atom is 0.213 e. The van der Waals surface area contributed by atoms with Crippen molar-refractivity contribution in [3.05, 3.63) is 35.9 Å². The number of rotatable bonds is 9. The number of sulfonamides is 1. The number of nitrogens with one attached hydrogen (secondary N) is 2. The van der Waals surface area contributed by atoms with Gasteiger partial charge in [0.15, 0.2) is 5.96 Å². The lowest BCUT2D eigenvalue weighted by molar-refractivity contribution is 0.464. The molecular formula is C17H31IN4O2S. The van der Waals surface area contributed by atoms with Crippen LogP contribution in [0.4, 0.5) is 0 Å². The highest BCUT2D eigenvalue weighted by atomic mass is 127. The Hall–Kier alpha value is -0.870. The van der Waals surface area contributed by atoms with Gasteiger partial charge < -0.3 is 10.6 Å². The number of halogens is 1. The molecular weight excluding hydrogens is 451 g/mol. The Kier molecular flexibility index (Phi) is 12.0. The highest BCUT2D eigenvalue weighted by Crippen LogP contribution is 2.10. The first-order valence-electron chi connectivity index (χ1n) is 8.44. The highest BCUT2D eigenvalue weighted by molar-refractivity contribution is 14.0. The van der Waals surface area contributed by atoms with Gasteiger partial charge in [-0.25, -0.2) is 12.7 Å². The van der Waals surface area contributed by atoms with E-state index in [1.807, 2.05) is 25.1 Å². The van der Waals surface area contributed by atoms with Crippen LogP contribution in [0.1, 0.15) is 38.8 Å². The quantitative estimate of drug-likeness (QED) is 0.246. The molecule has 0 saturated heterocycles. The molecule has 0 spiro atoms. The van der Waals surface area contributed by atoms with Gasteiger partial charge in [0.2, 0.25) is 10.0 Å². The van der Waals surface area contributed by atoms with E-state index in [1.165, 1.54) is 9.87 Å². The Morgan fingerprint density at radius 3 is 2.44 bits per heavy atom. The summed E-state index contributed by atoms with van der Waals surface area (Å²) in [4.78, 5) is 4.53. The molecule has 1 aromatic carbocycles. The van der Waals surface area contributed by atoms with E-state index in [1.54, 1.807) is 14.0 Å². The normalized spacial score (nSPS) is 13.2. The molecule has 1 aromatic rings. The molecule has 0 fully saturated rings. The van der Waals surface area contributed by atoms with Crippen molar-refractivity contribution in [2.45, 2.75) is 33.2 Å². The predicted molar refractivity (Wildman–Crippen MR) is 116 cm³/mol. The second-order valence-corrected chi connectivity index (χ2v) is 7.98. The molecule has 8 heteroatoms. The Morgan fingerprint density at radius 1 is 1.24 bits per heavy atom. The number of nitrogens with zero attached hydrogens (tertiary/aromatic N) is 2. The zero-order valence-electron chi connectivity index (χ0n) is 15.5. The van der Waals surface area contributed by atoms with E-state index < -0.39 is 10.0 Å². The Bertz CT molecular complexity index is 608. The van der Waals surface area contributed by atoms with Gasteiger partial charge in [0.25, 0.3) is 0 Å². The van der Waals surface area contributed by atoms with Crippen LogP contribution in [0.25, 0.3) is 0 Å². The fourth-order valence-electron chi connectivity index (χ4n) is 2.19. The topological polar surface area (TPSA) is 73.8 Å². The third-order valence-electron chi connectivity index (χ3n) is 3.74. The minimum absolute atomic E-state index is 0. The van der Waals surface area contributed by atoms with E-state index in [0.29, 0.717) is 19.5 Å². The molecule has 0 aliphatic rings. The molecule has 2 N–H and O–H groups in total. The van der Waals surface area contributed by atoms with Crippen molar-refractivity contribution in [2.24, 2.45) is 4.99 Å². The third-order valence-corrected chi connectivity index (χ3v) is 5.60. The molecule has 0 saturated carbocycles. The Balaban J connectivity index is 0.00000576. The SMILES string of the molecule is CCNC(=NCCCN(C)S(=O)(=O)CC)NC(C)c1ccccc1.I. The van der Waals surface area contributed by atoms with Crippen LogP contribution >= 0.6 is 24.0 Å². The standard InChI is InChI=1S/C17H30N4O2S.HI/c1-5-18-17(20-15(3)16-11-8-7-9-12-16)19-13-10-14-21(4)24(22,23)6-2;/h7-9,11-12,15H,5-6,10,13-14H2,1-4H3,(H2,18,19,20);1H. The molecule has 1 rings (SSSR count). The lowest BCUT2D eigenvalue weighted by atomic mass is 10.1. The molecule has 0 bridgehead atoms. The van der Waals surface area contributed by atoms with E-state index >= 15 is 0 Å². The van der Waals surface area contributed by atoms with Crippen LogP contribution in [0, 0.1) is 0 Å². The first kappa shape index (κ1) is 24.1. The average Bonchev–Trinajstić information content (AvgIpc) is 2.59. The van der Waals surface area contributed by atoms with Gasteiger partial charge in [-0.2, -0.15) is 0 Å². The minimum atomic E-state index is -3.11. The van der Waals surface area contributed by atoms with Gasteiger partial charge in [0.05, 0.1) is 11.8 Å². The summed E-state index contributed by atoms with van der Waals surface area (Å²) in [6.45, 7) is 7.59. The maximum atomic E-state index is 11.7. The van der Waals surface area contributed by atoms with Crippen molar-refractivity contribution < 1.29 is 8.42 Å². The van der Waals surface area contributed by atoms with Crippen LogP contribution in [-0.4, -0.2) is 51.1 Å². The minimum Gasteiger partial charge on any atom is -0.357 e. The van der Waals surface area contributed by atoms with Gasteiger partial charge in [-0.3, -0.25) is 4.99 Å². The molecule has 0 aromatic heterocycles. The van der Waals surface area contributed by atoms with E-state index in [9.17, 15) is 8.42 Å². The third kappa shape index (κ3) is 8.87. The zero-order valence-corrected chi connectivity index (χ0v) is 18.7. The van der Waals surface area contributed by atoms with Gasteiger partial charge in [-0.1, -0.05) is 30.3 Å². The summed E-state index contributed by atoms with van der Waals surface area (Å²) in [5.74, 6) is 0.876. The molecule has 25 heavy (non-hydrogen) atoms. The van der Waals surface area contributed by atoms with Crippen LogP contribution in [0.2, 0.25) is 0 Å². The summed E-state index contributed by atoms with van der Waals surface area (Å²) in [7, 11) is -1.50. The predicted octanol–water partition coefficient (Wildman–Crippen LogP) is 2.59. The molecule has 144 valence electrons. The van der Waals surface area contributed by atoms with Crippen molar-refractivity contribution in [1.82, 2.24) is 14.9 Å². The van der Waals surface area contributed by atoms with Crippen LogP contribution < -0.4 is 10.6 Å². The fourth-order valence-corrected chi connectivity index (χ4v) is 3.04. The van der Waals surface area contributed by atoms with Gasteiger partial charge in [0, 0.05) is 26.7 Å². The number of aliphatic imine (C=N–C) groups is 1. The summed E-state index contributed by atoms with van der Waals surface area (Å²) < 4.78 is 24.8. The lowest BCUT2D eigenvalue weighted by Gasteiger charge is -2.18. The first-order chi connectivity index (χ1) is 11.4. The number of hydrogen-bond acceptors (Lipinski definition) is 3. The van der Waals surface area contributed by atoms with Crippen LogP contribution in [-0.2, 0) is 10.0 Å². The Labute approximate surface area is 169 Å².